The predicted molar refractivity (Wildman–Crippen MR) is 74.3 cm³/mol. The van der Waals surface area contributed by atoms with Gasteiger partial charge in [0.2, 0.25) is 5.82 Å². The van der Waals surface area contributed by atoms with Crippen LogP contribution in [0.25, 0.3) is 0 Å². The van der Waals surface area contributed by atoms with E-state index in [0.29, 0.717) is 16.9 Å². The van der Waals surface area contributed by atoms with Crippen LogP contribution < -0.4 is 9.47 Å². The van der Waals surface area contributed by atoms with Gasteiger partial charge in [0.15, 0.2) is 11.6 Å². The van der Waals surface area contributed by atoms with Crippen molar-refractivity contribution in [2.24, 2.45) is 0 Å². The number of aliphatic hydroxyl groups is 1. The average molecular weight is 294 g/mol. The highest BCUT2D eigenvalue weighted by atomic mass is 19.2. The maximum Gasteiger partial charge on any atom is 0.200 e. The molecule has 112 valence electrons. The Labute approximate surface area is 121 Å². The number of methoxy groups -OCH3 is 1. The largest absolute Gasteiger partial charge is 0.496 e. The number of rotatable bonds is 5. The third-order valence-electron chi connectivity index (χ3n) is 3.09. The van der Waals surface area contributed by atoms with E-state index >= 15 is 0 Å². The Balaban J connectivity index is 2.22. The van der Waals surface area contributed by atoms with Crippen molar-refractivity contribution < 1.29 is 23.4 Å². The minimum atomic E-state index is -1.02. The van der Waals surface area contributed by atoms with Gasteiger partial charge in [-0.05, 0) is 36.8 Å². The minimum absolute atomic E-state index is 0.00407. The normalized spacial score (nSPS) is 12.0. The van der Waals surface area contributed by atoms with Crippen LogP contribution in [0.3, 0.4) is 0 Å². The van der Waals surface area contributed by atoms with Crippen molar-refractivity contribution in [3.05, 3.63) is 59.2 Å². The molecule has 2 rings (SSSR count). The summed E-state index contributed by atoms with van der Waals surface area (Å²) < 4.78 is 37.1. The van der Waals surface area contributed by atoms with Crippen LogP contribution in [0.4, 0.5) is 8.78 Å². The van der Waals surface area contributed by atoms with Crippen LogP contribution in [-0.4, -0.2) is 12.2 Å². The van der Waals surface area contributed by atoms with Gasteiger partial charge < -0.3 is 14.6 Å². The third kappa shape index (κ3) is 3.49. The second-order valence-corrected chi connectivity index (χ2v) is 4.59. The fourth-order valence-corrected chi connectivity index (χ4v) is 1.92. The molecule has 2 aromatic carbocycles. The highest BCUT2D eigenvalue weighted by molar-refractivity contribution is 5.38. The van der Waals surface area contributed by atoms with Crippen LogP contribution in [0.1, 0.15) is 24.2 Å². The van der Waals surface area contributed by atoms with Crippen molar-refractivity contribution in [1.82, 2.24) is 0 Å². The SMILES string of the molecule is COc1ccc(C(C)O)cc1COc1cccc(F)c1F. The Morgan fingerprint density at radius 3 is 2.57 bits per heavy atom. The molecule has 0 aromatic heterocycles. The number of ether oxygens (including phenoxy) is 2. The fourth-order valence-electron chi connectivity index (χ4n) is 1.92. The molecule has 0 aliphatic heterocycles. The molecule has 1 N–H and O–H groups in total. The van der Waals surface area contributed by atoms with Crippen molar-refractivity contribution in [1.29, 1.82) is 0 Å². The van der Waals surface area contributed by atoms with E-state index in [2.05, 4.69) is 0 Å². The second-order valence-electron chi connectivity index (χ2n) is 4.59. The smallest absolute Gasteiger partial charge is 0.200 e. The maximum absolute atomic E-state index is 13.5. The zero-order valence-electron chi connectivity index (χ0n) is 11.8. The summed E-state index contributed by atoms with van der Waals surface area (Å²) in [6, 6.07) is 8.89. The average Bonchev–Trinajstić information content (AvgIpc) is 2.48. The van der Waals surface area contributed by atoms with Crippen LogP contribution in [0.5, 0.6) is 11.5 Å². The van der Waals surface area contributed by atoms with E-state index in [1.807, 2.05) is 0 Å². The molecule has 0 saturated heterocycles. The summed E-state index contributed by atoms with van der Waals surface area (Å²) in [4.78, 5) is 0. The summed E-state index contributed by atoms with van der Waals surface area (Å²) in [7, 11) is 1.50. The lowest BCUT2D eigenvalue weighted by molar-refractivity contribution is 0.198. The summed E-state index contributed by atoms with van der Waals surface area (Å²) in [5.41, 5.74) is 1.33. The molecule has 0 radical (unpaired) electrons. The van der Waals surface area contributed by atoms with E-state index in [0.717, 1.165) is 6.07 Å². The molecular formula is C16H16F2O3. The third-order valence-corrected chi connectivity index (χ3v) is 3.09. The molecule has 3 nitrogen and oxygen atoms in total. The standard InChI is InChI=1S/C16H16F2O3/c1-10(19)11-6-7-14(20-2)12(8-11)9-21-15-5-3-4-13(17)16(15)18/h3-8,10,19H,9H2,1-2H3. The summed E-state index contributed by atoms with van der Waals surface area (Å²) in [5, 5.41) is 9.59. The molecule has 0 amide bonds. The molecule has 0 aliphatic rings. The molecular weight excluding hydrogens is 278 g/mol. The number of hydrogen-bond donors (Lipinski definition) is 1. The number of aliphatic hydroxyl groups excluding tert-OH is 1. The second kappa shape index (κ2) is 6.54. The predicted octanol–water partition coefficient (Wildman–Crippen LogP) is 3.61. The molecule has 0 heterocycles. The van der Waals surface area contributed by atoms with Gasteiger partial charge >= 0.3 is 0 Å². The molecule has 0 fully saturated rings. The summed E-state index contributed by atoms with van der Waals surface area (Å²) in [6.45, 7) is 1.64. The van der Waals surface area contributed by atoms with E-state index in [4.69, 9.17) is 9.47 Å². The first kappa shape index (κ1) is 15.3. The Hall–Kier alpha value is -2.14. The minimum Gasteiger partial charge on any atom is -0.496 e. The van der Waals surface area contributed by atoms with Crippen LogP contribution >= 0.6 is 0 Å². The monoisotopic (exact) mass is 294 g/mol. The molecule has 1 unspecified atom stereocenters. The van der Waals surface area contributed by atoms with Gasteiger partial charge in [0.05, 0.1) is 13.2 Å². The lowest BCUT2D eigenvalue weighted by Gasteiger charge is -2.13. The van der Waals surface area contributed by atoms with E-state index < -0.39 is 17.7 Å². The summed E-state index contributed by atoms with van der Waals surface area (Å²) in [6.07, 6.45) is -0.638. The lowest BCUT2D eigenvalue weighted by atomic mass is 10.1. The molecule has 5 heteroatoms. The van der Waals surface area contributed by atoms with Gasteiger partial charge in [0, 0.05) is 5.56 Å². The van der Waals surface area contributed by atoms with Crippen LogP contribution in [-0.2, 0) is 6.61 Å². The Kier molecular flexibility index (Phi) is 4.75. The summed E-state index contributed by atoms with van der Waals surface area (Å²) in [5.74, 6) is -1.60. The first-order valence-corrected chi connectivity index (χ1v) is 6.44. The number of hydrogen-bond acceptors (Lipinski definition) is 3. The van der Waals surface area contributed by atoms with Crippen LogP contribution in [0.15, 0.2) is 36.4 Å². The van der Waals surface area contributed by atoms with Crippen molar-refractivity contribution in [2.75, 3.05) is 7.11 Å². The van der Waals surface area contributed by atoms with Gasteiger partial charge in [-0.15, -0.1) is 0 Å². The highest BCUT2D eigenvalue weighted by Gasteiger charge is 2.12. The van der Waals surface area contributed by atoms with Crippen molar-refractivity contribution in [2.45, 2.75) is 19.6 Å². The van der Waals surface area contributed by atoms with Crippen LogP contribution in [0.2, 0.25) is 0 Å². The first-order chi connectivity index (χ1) is 10.0. The van der Waals surface area contributed by atoms with Gasteiger partial charge in [0.25, 0.3) is 0 Å². The quantitative estimate of drug-likeness (QED) is 0.915. The zero-order chi connectivity index (χ0) is 15.4. The van der Waals surface area contributed by atoms with Gasteiger partial charge in [-0.3, -0.25) is 0 Å². The molecule has 1 atom stereocenters. The molecule has 21 heavy (non-hydrogen) atoms. The van der Waals surface area contributed by atoms with Crippen molar-refractivity contribution in [3.63, 3.8) is 0 Å². The first-order valence-electron chi connectivity index (χ1n) is 6.44. The summed E-state index contributed by atoms with van der Waals surface area (Å²) >= 11 is 0. The molecule has 0 spiro atoms. The Bertz CT molecular complexity index is 627. The van der Waals surface area contributed by atoms with E-state index in [-0.39, 0.29) is 12.4 Å². The zero-order valence-corrected chi connectivity index (χ0v) is 11.8. The molecule has 0 aliphatic carbocycles. The van der Waals surface area contributed by atoms with Gasteiger partial charge in [-0.1, -0.05) is 12.1 Å². The molecule has 0 saturated carbocycles. The maximum atomic E-state index is 13.5. The van der Waals surface area contributed by atoms with Crippen LogP contribution in [0, 0.1) is 11.6 Å². The lowest BCUT2D eigenvalue weighted by Crippen LogP contribution is -2.03. The number of benzene rings is 2. The molecule has 0 bridgehead atoms. The Morgan fingerprint density at radius 1 is 1.14 bits per heavy atom. The Morgan fingerprint density at radius 2 is 1.90 bits per heavy atom. The highest BCUT2D eigenvalue weighted by Crippen LogP contribution is 2.26. The van der Waals surface area contributed by atoms with Crippen molar-refractivity contribution >= 4 is 0 Å². The van der Waals surface area contributed by atoms with Gasteiger partial charge in [0.1, 0.15) is 12.4 Å². The molecule has 2 aromatic rings. The van der Waals surface area contributed by atoms with E-state index in [1.54, 1.807) is 25.1 Å². The topological polar surface area (TPSA) is 38.7 Å². The fraction of sp³-hybridized carbons (Fsp3) is 0.250. The van der Waals surface area contributed by atoms with Gasteiger partial charge in [-0.2, -0.15) is 4.39 Å². The van der Waals surface area contributed by atoms with E-state index in [9.17, 15) is 13.9 Å². The van der Waals surface area contributed by atoms with Crippen molar-refractivity contribution in [3.8, 4) is 11.5 Å². The van der Waals surface area contributed by atoms with Gasteiger partial charge in [-0.25, -0.2) is 4.39 Å². The number of halogens is 2. The van der Waals surface area contributed by atoms with E-state index in [1.165, 1.54) is 19.2 Å².